The minimum atomic E-state index is -0.513. The number of anilines is 2. The van der Waals surface area contributed by atoms with Crippen LogP contribution in [0, 0.1) is 10.1 Å². The lowest BCUT2D eigenvalue weighted by Gasteiger charge is -2.23. The summed E-state index contributed by atoms with van der Waals surface area (Å²) in [5.74, 6) is 0.292. The number of hydrogen-bond donors (Lipinski definition) is 0. The minimum absolute atomic E-state index is 0.139. The fraction of sp³-hybridized carbons (Fsp3) is 0.0500. The van der Waals surface area contributed by atoms with Gasteiger partial charge in [0.05, 0.1) is 33.2 Å². The normalized spacial score (nSPS) is 12.8. The van der Waals surface area contributed by atoms with Gasteiger partial charge in [0.15, 0.2) is 0 Å². The number of fused-ring (bicyclic) bond motifs is 2. The standard InChI is InChI=1S/C20H13ClN2O4S/c1-27-14-8-5-12(6-9-14)22-17-4-2-3-16(21)19(17)28-18-10-7-13(23(25)26)11-15(18)20(22)24/h2-11H,1H3. The first-order chi connectivity index (χ1) is 13.5. The van der Waals surface area contributed by atoms with E-state index in [0.29, 0.717) is 31.9 Å². The van der Waals surface area contributed by atoms with Crippen LogP contribution in [-0.4, -0.2) is 17.9 Å². The Morgan fingerprint density at radius 3 is 2.54 bits per heavy atom. The lowest BCUT2D eigenvalue weighted by atomic mass is 10.1. The average Bonchev–Trinajstić information content (AvgIpc) is 2.83. The molecule has 0 spiro atoms. The second-order valence-corrected chi connectivity index (χ2v) is 7.43. The van der Waals surface area contributed by atoms with Gasteiger partial charge >= 0.3 is 0 Å². The van der Waals surface area contributed by atoms with Crippen molar-refractivity contribution < 1.29 is 14.5 Å². The molecule has 3 aromatic rings. The maximum Gasteiger partial charge on any atom is 0.270 e. The molecule has 0 N–H and O–H groups in total. The van der Waals surface area contributed by atoms with E-state index < -0.39 is 4.92 Å². The van der Waals surface area contributed by atoms with E-state index in [1.165, 1.54) is 28.8 Å². The highest BCUT2D eigenvalue weighted by Gasteiger charge is 2.31. The highest BCUT2D eigenvalue weighted by molar-refractivity contribution is 7.99. The third-order valence-electron chi connectivity index (χ3n) is 4.34. The summed E-state index contributed by atoms with van der Waals surface area (Å²) in [4.78, 5) is 27.0. The Hall–Kier alpha value is -3.03. The zero-order chi connectivity index (χ0) is 19.8. The minimum Gasteiger partial charge on any atom is -0.497 e. The second kappa shape index (κ2) is 7.18. The van der Waals surface area contributed by atoms with Crippen molar-refractivity contribution in [3.05, 3.63) is 81.4 Å². The SMILES string of the molecule is COc1ccc(N2C(=O)c3cc([N+](=O)[O-])ccc3Sc3c(Cl)cccc32)cc1. The first-order valence-electron chi connectivity index (χ1n) is 8.23. The summed E-state index contributed by atoms with van der Waals surface area (Å²) in [5.41, 5.74) is 1.34. The number of amides is 1. The molecule has 0 fully saturated rings. The first kappa shape index (κ1) is 18.3. The highest BCUT2D eigenvalue weighted by Crippen LogP contribution is 2.47. The molecule has 0 saturated heterocycles. The van der Waals surface area contributed by atoms with Crippen LogP contribution in [0.4, 0.5) is 17.1 Å². The van der Waals surface area contributed by atoms with Gasteiger partial charge in [0.25, 0.3) is 11.6 Å². The van der Waals surface area contributed by atoms with Crippen LogP contribution in [-0.2, 0) is 0 Å². The van der Waals surface area contributed by atoms with E-state index in [0.717, 1.165) is 0 Å². The van der Waals surface area contributed by atoms with Crippen LogP contribution < -0.4 is 9.64 Å². The van der Waals surface area contributed by atoms with Gasteiger partial charge in [-0.1, -0.05) is 29.4 Å². The molecule has 1 amide bonds. The van der Waals surface area contributed by atoms with E-state index in [2.05, 4.69) is 0 Å². The second-order valence-electron chi connectivity index (χ2n) is 5.97. The largest absolute Gasteiger partial charge is 0.497 e. The fourth-order valence-corrected chi connectivity index (χ4v) is 4.32. The predicted molar refractivity (Wildman–Crippen MR) is 108 cm³/mol. The van der Waals surface area contributed by atoms with Gasteiger partial charge in [0.2, 0.25) is 0 Å². The number of hydrogen-bond acceptors (Lipinski definition) is 5. The molecule has 28 heavy (non-hydrogen) atoms. The van der Waals surface area contributed by atoms with Crippen LogP contribution in [0.15, 0.2) is 70.5 Å². The number of halogens is 1. The summed E-state index contributed by atoms with van der Waals surface area (Å²) in [6.45, 7) is 0. The van der Waals surface area contributed by atoms with Gasteiger partial charge in [-0.2, -0.15) is 0 Å². The number of carbonyl (C=O) groups is 1. The molecular weight excluding hydrogens is 400 g/mol. The topological polar surface area (TPSA) is 72.7 Å². The molecule has 3 aromatic carbocycles. The molecule has 0 aromatic heterocycles. The molecule has 6 nitrogen and oxygen atoms in total. The van der Waals surface area contributed by atoms with Gasteiger partial charge in [-0.15, -0.1) is 0 Å². The van der Waals surface area contributed by atoms with Crippen molar-refractivity contribution in [2.24, 2.45) is 0 Å². The molecule has 0 saturated carbocycles. The molecule has 1 aliphatic heterocycles. The van der Waals surface area contributed by atoms with Gasteiger partial charge in [0, 0.05) is 22.7 Å². The Morgan fingerprint density at radius 2 is 1.86 bits per heavy atom. The molecule has 0 radical (unpaired) electrons. The fourth-order valence-electron chi connectivity index (χ4n) is 2.99. The lowest BCUT2D eigenvalue weighted by molar-refractivity contribution is -0.384. The van der Waals surface area contributed by atoms with Crippen molar-refractivity contribution in [2.75, 3.05) is 12.0 Å². The van der Waals surface area contributed by atoms with Crippen molar-refractivity contribution in [2.45, 2.75) is 9.79 Å². The zero-order valence-electron chi connectivity index (χ0n) is 14.6. The van der Waals surface area contributed by atoms with Crippen LogP contribution in [0.2, 0.25) is 5.02 Å². The summed E-state index contributed by atoms with van der Waals surface area (Å²) in [7, 11) is 1.56. The van der Waals surface area contributed by atoms with Gasteiger partial charge in [0.1, 0.15) is 5.75 Å². The number of rotatable bonds is 3. The molecule has 8 heteroatoms. The van der Waals surface area contributed by atoms with Crippen molar-refractivity contribution in [3.8, 4) is 5.75 Å². The molecule has 0 unspecified atom stereocenters. The predicted octanol–water partition coefficient (Wildman–Crippen LogP) is 5.70. The Balaban J connectivity index is 1.95. The van der Waals surface area contributed by atoms with Crippen LogP contribution in [0.5, 0.6) is 5.75 Å². The molecule has 0 aliphatic carbocycles. The third-order valence-corrected chi connectivity index (χ3v) is 5.97. The summed E-state index contributed by atoms with van der Waals surface area (Å²) in [6.07, 6.45) is 0. The number of benzene rings is 3. The van der Waals surface area contributed by atoms with E-state index in [-0.39, 0.29) is 17.2 Å². The number of nitro groups is 1. The van der Waals surface area contributed by atoms with E-state index in [1.807, 2.05) is 0 Å². The quantitative estimate of drug-likeness (QED) is 0.407. The van der Waals surface area contributed by atoms with Crippen LogP contribution in [0.1, 0.15) is 10.4 Å². The molecular formula is C20H13ClN2O4S. The van der Waals surface area contributed by atoms with Gasteiger partial charge < -0.3 is 4.74 Å². The lowest BCUT2D eigenvalue weighted by Crippen LogP contribution is -2.25. The van der Waals surface area contributed by atoms with Gasteiger partial charge in [-0.3, -0.25) is 19.8 Å². The van der Waals surface area contributed by atoms with Crippen molar-refractivity contribution in [1.82, 2.24) is 0 Å². The number of non-ortho nitro benzene ring substituents is 1. The van der Waals surface area contributed by atoms with Crippen LogP contribution in [0.3, 0.4) is 0 Å². The van der Waals surface area contributed by atoms with Crippen LogP contribution >= 0.6 is 23.4 Å². The molecule has 0 bridgehead atoms. The average molecular weight is 413 g/mol. The Kier molecular flexibility index (Phi) is 4.70. The van der Waals surface area contributed by atoms with Gasteiger partial charge in [-0.25, -0.2) is 0 Å². The molecule has 1 aliphatic rings. The Morgan fingerprint density at radius 1 is 1.11 bits per heavy atom. The first-order valence-corrected chi connectivity index (χ1v) is 9.42. The number of nitrogens with zero attached hydrogens (tertiary/aromatic N) is 2. The summed E-state index contributed by atoms with van der Waals surface area (Å²) in [5, 5.41) is 11.7. The number of nitro benzene ring substituents is 1. The molecule has 140 valence electrons. The van der Waals surface area contributed by atoms with E-state index >= 15 is 0 Å². The molecule has 1 heterocycles. The Bertz CT molecular complexity index is 1100. The van der Waals surface area contributed by atoms with E-state index in [1.54, 1.807) is 55.6 Å². The Labute approximate surface area is 169 Å². The zero-order valence-corrected chi connectivity index (χ0v) is 16.2. The third kappa shape index (κ3) is 3.08. The summed E-state index contributed by atoms with van der Waals surface area (Å²) >= 11 is 7.74. The highest BCUT2D eigenvalue weighted by atomic mass is 35.5. The maximum atomic E-state index is 13.5. The van der Waals surface area contributed by atoms with E-state index in [9.17, 15) is 14.9 Å². The number of ether oxygens (including phenoxy) is 1. The smallest absolute Gasteiger partial charge is 0.270 e. The monoisotopic (exact) mass is 412 g/mol. The van der Waals surface area contributed by atoms with Crippen LogP contribution in [0.25, 0.3) is 0 Å². The van der Waals surface area contributed by atoms with Crippen molar-refractivity contribution in [1.29, 1.82) is 0 Å². The van der Waals surface area contributed by atoms with Gasteiger partial charge in [-0.05, 0) is 42.5 Å². The molecule has 0 atom stereocenters. The number of carbonyl (C=O) groups excluding carboxylic acids is 1. The van der Waals surface area contributed by atoms with E-state index in [4.69, 9.17) is 16.3 Å². The summed E-state index contributed by atoms with van der Waals surface area (Å²) < 4.78 is 5.19. The van der Waals surface area contributed by atoms with Crippen molar-refractivity contribution >= 4 is 46.3 Å². The van der Waals surface area contributed by atoms with Crippen molar-refractivity contribution in [3.63, 3.8) is 0 Å². The maximum absolute atomic E-state index is 13.5. The summed E-state index contributed by atoms with van der Waals surface area (Å²) in [6, 6.07) is 16.6. The number of methoxy groups -OCH3 is 1. The molecule has 4 rings (SSSR count).